The lowest BCUT2D eigenvalue weighted by molar-refractivity contribution is -0.122. The van der Waals surface area contributed by atoms with Crippen LogP contribution >= 0.6 is 0 Å². The first-order valence-corrected chi connectivity index (χ1v) is 6.91. The van der Waals surface area contributed by atoms with E-state index < -0.39 is 0 Å². The standard InChI is InChI=1S/C15H20N4O2/c1-11(2)14(15-16-7-9-18(15)3)17-12(20)10-19-8-5-4-6-13(19)21/h4-9,11,14H,10H2,1-3H3,(H,17,20)/t14-/m0/s1. The van der Waals surface area contributed by atoms with Crippen molar-refractivity contribution in [3.05, 3.63) is 53.0 Å². The highest BCUT2D eigenvalue weighted by Crippen LogP contribution is 2.19. The summed E-state index contributed by atoms with van der Waals surface area (Å²) in [5.41, 5.74) is -0.189. The molecule has 21 heavy (non-hydrogen) atoms. The number of carbonyl (C=O) groups is 1. The SMILES string of the molecule is CC(C)[C@H](NC(=O)Cn1ccccc1=O)c1nccn1C. The number of amides is 1. The van der Waals surface area contributed by atoms with Gasteiger partial charge in [-0.1, -0.05) is 19.9 Å². The number of imidazole rings is 1. The Balaban J connectivity index is 2.11. The monoisotopic (exact) mass is 288 g/mol. The van der Waals surface area contributed by atoms with E-state index in [4.69, 9.17) is 0 Å². The third-order valence-electron chi connectivity index (χ3n) is 3.33. The van der Waals surface area contributed by atoms with Crippen LogP contribution in [0.5, 0.6) is 0 Å². The molecule has 0 unspecified atom stereocenters. The zero-order valence-corrected chi connectivity index (χ0v) is 12.5. The number of aryl methyl sites for hydroxylation is 1. The summed E-state index contributed by atoms with van der Waals surface area (Å²) in [6.45, 7) is 4.05. The minimum absolute atomic E-state index is 0.00726. The average Bonchev–Trinajstić information content (AvgIpc) is 2.84. The first-order valence-electron chi connectivity index (χ1n) is 6.91. The lowest BCUT2D eigenvalue weighted by Crippen LogP contribution is -2.37. The predicted octanol–water partition coefficient (Wildman–Crippen LogP) is 1.10. The maximum Gasteiger partial charge on any atom is 0.250 e. The number of rotatable bonds is 5. The predicted molar refractivity (Wildman–Crippen MR) is 79.6 cm³/mol. The minimum atomic E-state index is -0.204. The van der Waals surface area contributed by atoms with Gasteiger partial charge in [-0.25, -0.2) is 4.98 Å². The van der Waals surface area contributed by atoms with Crippen molar-refractivity contribution >= 4 is 5.91 Å². The van der Waals surface area contributed by atoms with Crippen molar-refractivity contribution in [2.45, 2.75) is 26.4 Å². The molecule has 1 N–H and O–H groups in total. The molecule has 1 amide bonds. The van der Waals surface area contributed by atoms with E-state index >= 15 is 0 Å². The van der Waals surface area contributed by atoms with Crippen LogP contribution in [0.3, 0.4) is 0 Å². The van der Waals surface area contributed by atoms with Crippen molar-refractivity contribution in [1.29, 1.82) is 0 Å². The Morgan fingerprint density at radius 3 is 2.67 bits per heavy atom. The van der Waals surface area contributed by atoms with E-state index in [0.29, 0.717) is 0 Å². The minimum Gasteiger partial charge on any atom is -0.344 e. The highest BCUT2D eigenvalue weighted by Gasteiger charge is 2.22. The summed E-state index contributed by atoms with van der Waals surface area (Å²) in [7, 11) is 1.89. The van der Waals surface area contributed by atoms with E-state index in [9.17, 15) is 9.59 Å². The molecule has 0 aromatic carbocycles. The van der Waals surface area contributed by atoms with Crippen molar-refractivity contribution in [2.75, 3.05) is 0 Å². The molecule has 2 aromatic heterocycles. The van der Waals surface area contributed by atoms with Gasteiger partial charge < -0.3 is 14.5 Å². The van der Waals surface area contributed by atoms with Crippen molar-refractivity contribution in [3.8, 4) is 0 Å². The smallest absolute Gasteiger partial charge is 0.250 e. The zero-order valence-electron chi connectivity index (χ0n) is 12.5. The number of hydrogen-bond donors (Lipinski definition) is 1. The van der Waals surface area contributed by atoms with Crippen LogP contribution in [-0.4, -0.2) is 20.0 Å². The Labute approximate surface area is 123 Å². The van der Waals surface area contributed by atoms with Gasteiger partial charge in [-0.3, -0.25) is 9.59 Å². The second-order valence-electron chi connectivity index (χ2n) is 5.35. The van der Waals surface area contributed by atoms with Crippen LogP contribution < -0.4 is 10.9 Å². The Morgan fingerprint density at radius 2 is 2.10 bits per heavy atom. The number of hydrogen-bond acceptors (Lipinski definition) is 3. The molecular weight excluding hydrogens is 268 g/mol. The van der Waals surface area contributed by atoms with Crippen LogP contribution in [0, 0.1) is 5.92 Å². The number of aromatic nitrogens is 3. The topological polar surface area (TPSA) is 68.9 Å². The average molecular weight is 288 g/mol. The third kappa shape index (κ3) is 3.59. The molecule has 2 heterocycles. The van der Waals surface area contributed by atoms with Gasteiger partial charge in [0.15, 0.2) is 0 Å². The third-order valence-corrected chi connectivity index (χ3v) is 3.33. The molecule has 2 aromatic rings. The van der Waals surface area contributed by atoms with Crippen LogP contribution in [0.1, 0.15) is 25.7 Å². The fourth-order valence-electron chi connectivity index (χ4n) is 2.17. The molecule has 2 rings (SSSR count). The maximum atomic E-state index is 12.2. The summed E-state index contributed by atoms with van der Waals surface area (Å²) in [6, 6.07) is 4.64. The van der Waals surface area contributed by atoms with Gasteiger partial charge in [0.2, 0.25) is 5.91 Å². The summed E-state index contributed by atoms with van der Waals surface area (Å²) >= 11 is 0. The summed E-state index contributed by atoms with van der Waals surface area (Å²) in [4.78, 5) is 28.1. The molecule has 0 saturated carbocycles. The largest absolute Gasteiger partial charge is 0.344 e. The van der Waals surface area contributed by atoms with E-state index in [2.05, 4.69) is 10.3 Å². The Morgan fingerprint density at radius 1 is 1.33 bits per heavy atom. The van der Waals surface area contributed by atoms with E-state index in [1.165, 1.54) is 10.6 Å². The molecule has 112 valence electrons. The normalized spacial score (nSPS) is 12.4. The lowest BCUT2D eigenvalue weighted by atomic mass is 10.0. The maximum absolute atomic E-state index is 12.2. The molecule has 0 saturated heterocycles. The van der Waals surface area contributed by atoms with Crippen molar-refractivity contribution in [2.24, 2.45) is 13.0 Å². The molecular formula is C15H20N4O2. The van der Waals surface area contributed by atoms with Gasteiger partial charge in [-0.2, -0.15) is 0 Å². The van der Waals surface area contributed by atoms with Gasteiger partial charge in [-0.15, -0.1) is 0 Å². The summed E-state index contributed by atoms with van der Waals surface area (Å²) in [5, 5.41) is 2.95. The van der Waals surface area contributed by atoms with Gasteiger partial charge in [0, 0.05) is 31.7 Å². The summed E-state index contributed by atoms with van der Waals surface area (Å²) < 4.78 is 3.27. The van der Waals surface area contributed by atoms with E-state index in [0.717, 1.165) is 5.82 Å². The second-order valence-corrected chi connectivity index (χ2v) is 5.35. The van der Waals surface area contributed by atoms with Crippen LogP contribution in [0.4, 0.5) is 0 Å². The second kappa shape index (κ2) is 6.39. The van der Waals surface area contributed by atoms with Gasteiger partial charge in [0.25, 0.3) is 5.56 Å². The van der Waals surface area contributed by atoms with Crippen LogP contribution in [0.15, 0.2) is 41.6 Å². The first-order chi connectivity index (χ1) is 9.99. The number of pyridine rings is 1. The van der Waals surface area contributed by atoms with Crippen molar-refractivity contribution in [1.82, 2.24) is 19.4 Å². The van der Waals surface area contributed by atoms with Gasteiger partial charge in [0.05, 0.1) is 6.04 Å². The fourth-order valence-corrected chi connectivity index (χ4v) is 2.17. The molecule has 0 bridgehead atoms. The van der Waals surface area contributed by atoms with E-state index in [-0.39, 0.29) is 30.0 Å². The molecule has 6 nitrogen and oxygen atoms in total. The van der Waals surface area contributed by atoms with Gasteiger partial charge >= 0.3 is 0 Å². The molecule has 1 atom stereocenters. The molecule has 0 radical (unpaired) electrons. The quantitative estimate of drug-likeness (QED) is 0.895. The van der Waals surface area contributed by atoms with Gasteiger partial charge in [0.1, 0.15) is 12.4 Å². The number of carbonyl (C=O) groups excluding carboxylic acids is 1. The van der Waals surface area contributed by atoms with Crippen LogP contribution in [0.2, 0.25) is 0 Å². The Bertz CT molecular complexity index is 672. The summed E-state index contributed by atoms with van der Waals surface area (Å²) in [5.74, 6) is 0.798. The fraction of sp³-hybridized carbons (Fsp3) is 0.400. The summed E-state index contributed by atoms with van der Waals surface area (Å²) in [6.07, 6.45) is 5.16. The molecule has 0 aliphatic rings. The zero-order chi connectivity index (χ0) is 15.4. The molecule has 0 fully saturated rings. The van der Waals surface area contributed by atoms with Crippen LogP contribution in [-0.2, 0) is 18.4 Å². The molecule has 6 heteroatoms. The first kappa shape index (κ1) is 15.0. The number of nitrogens with zero attached hydrogens (tertiary/aromatic N) is 3. The van der Waals surface area contributed by atoms with E-state index in [1.807, 2.05) is 31.7 Å². The van der Waals surface area contributed by atoms with E-state index in [1.54, 1.807) is 24.5 Å². The molecule has 0 aliphatic carbocycles. The van der Waals surface area contributed by atoms with Crippen LogP contribution in [0.25, 0.3) is 0 Å². The Hall–Kier alpha value is -2.37. The Kier molecular flexibility index (Phi) is 4.57. The molecule has 0 spiro atoms. The van der Waals surface area contributed by atoms with Crippen molar-refractivity contribution < 1.29 is 4.79 Å². The molecule has 0 aliphatic heterocycles. The highest BCUT2D eigenvalue weighted by molar-refractivity contribution is 5.76. The number of nitrogens with one attached hydrogen (secondary N) is 1. The van der Waals surface area contributed by atoms with Crippen molar-refractivity contribution in [3.63, 3.8) is 0 Å². The lowest BCUT2D eigenvalue weighted by Gasteiger charge is -2.22. The highest BCUT2D eigenvalue weighted by atomic mass is 16.2. The van der Waals surface area contributed by atoms with Gasteiger partial charge in [-0.05, 0) is 12.0 Å².